The molecular weight excluding hydrogens is 248 g/mol. The molecule has 6 nitrogen and oxygen atoms in total. The second-order valence-corrected chi connectivity index (χ2v) is 5.73. The SMILES string of the molecule is CC(O)C1CCN(C(=O)NC2CCC(C(=O)O)C2)C1. The maximum Gasteiger partial charge on any atom is 0.317 e. The molecule has 0 bridgehead atoms. The van der Waals surface area contributed by atoms with Crippen molar-refractivity contribution in [2.24, 2.45) is 11.8 Å². The zero-order chi connectivity index (χ0) is 14.0. The van der Waals surface area contributed by atoms with Gasteiger partial charge >= 0.3 is 12.0 Å². The summed E-state index contributed by atoms with van der Waals surface area (Å²) in [7, 11) is 0. The van der Waals surface area contributed by atoms with Gasteiger partial charge in [0.15, 0.2) is 0 Å². The summed E-state index contributed by atoms with van der Waals surface area (Å²) in [4.78, 5) is 24.6. The fourth-order valence-corrected chi connectivity index (χ4v) is 2.97. The molecule has 1 saturated heterocycles. The first-order valence-electron chi connectivity index (χ1n) is 6.93. The highest BCUT2D eigenvalue weighted by Crippen LogP contribution is 2.26. The number of hydrogen-bond donors (Lipinski definition) is 3. The third-order valence-corrected chi connectivity index (χ3v) is 4.30. The lowest BCUT2D eigenvalue weighted by Gasteiger charge is -2.21. The molecule has 1 aliphatic heterocycles. The molecule has 1 saturated carbocycles. The van der Waals surface area contributed by atoms with Crippen LogP contribution in [-0.4, -0.2) is 52.3 Å². The minimum Gasteiger partial charge on any atom is -0.481 e. The van der Waals surface area contributed by atoms with Crippen LogP contribution in [0, 0.1) is 11.8 Å². The minimum atomic E-state index is -0.771. The number of carbonyl (C=O) groups is 2. The average Bonchev–Trinajstić information content (AvgIpc) is 2.96. The lowest BCUT2D eigenvalue weighted by molar-refractivity contribution is -0.141. The summed E-state index contributed by atoms with van der Waals surface area (Å²) in [6.45, 7) is 3.00. The van der Waals surface area contributed by atoms with E-state index in [0.29, 0.717) is 25.9 Å². The van der Waals surface area contributed by atoms with Gasteiger partial charge in [-0.3, -0.25) is 4.79 Å². The van der Waals surface area contributed by atoms with Gasteiger partial charge in [0.1, 0.15) is 0 Å². The maximum absolute atomic E-state index is 12.0. The zero-order valence-electron chi connectivity index (χ0n) is 11.2. The predicted molar refractivity (Wildman–Crippen MR) is 68.7 cm³/mol. The molecule has 2 aliphatic rings. The summed E-state index contributed by atoms with van der Waals surface area (Å²) in [5.74, 6) is -0.942. The van der Waals surface area contributed by atoms with Gasteiger partial charge in [-0.25, -0.2) is 4.79 Å². The summed E-state index contributed by atoms with van der Waals surface area (Å²) in [6.07, 6.45) is 2.33. The number of aliphatic carboxylic acids is 1. The number of carboxylic acids is 1. The van der Waals surface area contributed by atoms with Crippen LogP contribution in [0.25, 0.3) is 0 Å². The molecule has 0 aromatic heterocycles. The topological polar surface area (TPSA) is 89.9 Å². The monoisotopic (exact) mass is 270 g/mol. The molecule has 2 amide bonds. The lowest BCUT2D eigenvalue weighted by Crippen LogP contribution is -2.43. The number of nitrogens with one attached hydrogen (secondary N) is 1. The number of aliphatic hydroxyl groups excluding tert-OH is 1. The second kappa shape index (κ2) is 5.77. The molecule has 2 rings (SSSR count). The molecule has 1 aliphatic carbocycles. The summed E-state index contributed by atoms with van der Waals surface area (Å²) in [6, 6.07) is -0.154. The van der Waals surface area contributed by atoms with Crippen molar-refractivity contribution in [1.29, 1.82) is 0 Å². The second-order valence-electron chi connectivity index (χ2n) is 5.73. The minimum absolute atomic E-state index is 0.0285. The number of urea groups is 1. The summed E-state index contributed by atoms with van der Waals surface area (Å²) in [5.41, 5.74) is 0. The standard InChI is InChI=1S/C13H22N2O4/c1-8(16)10-4-5-15(7-10)13(19)14-11-3-2-9(6-11)12(17)18/h8-11,16H,2-7H2,1H3,(H,14,19)(H,17,18). The maximum atomic E-state index is 12.0. The van der Waals surface area contributed by atoms with Crippen LogP contribution < -0.4 is 5.32 Å². The van der Waals surface area contributed by atoms with Gasteiger partial charge in [0.25, 0.3) is 0 Å². The van der Waals surface area contributed by atoms with Crippen molar-refractivity contribution in [3.8, 4) is 0 Å². The van der Waals surface area contributed by atoms with Crippen molar-refractivity contribution >= 4 is 12.0 Å². The summed E-state index contributed by atoms with van der Waals surface area (Å²) < 4.78 is 0. The van der Waals surface area contributed by atoms with Crippen molar-refractivity contribution in [2.75, 3.05) is 13.1 Å². The van der Waals surface area contributed by atoms with Gasteiger partial charge < -0.3 is 20.4 Å². The van der Waals surface area contributed by atoms with E-state index >= 15 is 0 Å². The molecule has 108 valence electrons. The summed E-state index contributed by atoms with van der Waals surface area (Å²) >= 11 is 0. The van der Waals surface area contributed by atoms with Gasteiger partial charge in [-0.1, -0.05) is 0 Å². The van der Waals surface area contributed by atoms with Crippen LogP contribution in [0.3, 0.4) is 0 Å². The normalized spacial score (nSPS) is 32.3. The lowest BCUT2D eigenvalue weighted by atomic mass is 10.0. The Balaban J connectivity index is 1.78. The molecule has 1 heterocycles. The highest BCUT2D eigenvalue weighted by molar-refractivity contribution is 5.75. The molecule has 6 heteroatoms. The van der Waals surface area contributed by atoms with E-state index in [1.165, 1.54) is 0 Å². The Morgan fingerprint density at radius 2 is 2.05 bits per heavy atom. The number of amides is 2. The van der Waals surface area contributed by atoms with Gasteiger partial charge in [-0.15, -0.1) is 0 Å². The van der Waals surface area contributed by atoms with E-state index in [0.717, 1.165) is 12.8 Å². The van der Waals surface area contributed by atoms with Crippen molar-refractivity contribution < 1.29 is 19.8 Å². The Kier molecular flexibility index (Phi) is 4.29. The number of carboxylic acid groups (broad SMARTS) is 1. The largest absolute Gasteiger partial charge is 0.481 e. The molecule has 0 aromatic carbocycles. The fraction of sp³-hybridized carbons (Fsp3) is 0.846. The molecular formula is C13H22N2O4. The number of likely N-dealkylation sites (tertiary alicyclic amines) is 1. The number of nitrogens with zero attached hydrogens (tertiary/aromatic N) is 1. The number of aliphatic hydroxyl groups is 1. The Hall–Kier alpha value is -1.30. The van der Waals surface area contributed by atoms with Crippen LogP contribution in [0.1, 0.15) is 32.6 Å². The number of hydrogen-bond acceptors (Lipinski definition) is 3. The van der Waals surface area contributed by atoms with Crippen LogP contribution in [0.2, 0.25) is 0 Å². The Labute approximate surface area is 112 Å². The smallest absolute Gasteiger partial charge is 0.317 e. The Morgan fingerprint density at radius 1 is 1.32 bits per heavy atom. The first-order valence-corrected chi connectivity index (χ1v) is 6.93. The van der Waals surface area contributed by atoms with Crippen LogP contribution in [0.15, 0.2) is 0 Å². The zero-order valence-corrected chi connectivity index (χ0v) is 11.2. The van der Waals surface area contributed by atoms with Crippen LogP contribution in [0.5, 0.6) is 0 Å². The number of rotatable bonds is 3. The highest BCUT2D eigenvalue weighted by Gasteiger charge is 2.33. The van der Waals surface area contributed by atoms with Gasteiger partial charge in [0.2, 0.25) is 0 Å². The summed E-state index contributed by atoms with van der Waals surface area (Å²) in [5, 5.41) is 21.3. The highest BCUT2D eigenvalue weighted by atomic mass is 16.4. The van der Waals surface area contributed by atoms with Crippen molar-refractivity contribution in [1.82, 2.24) is 10.2 Å². The van der Waals surface area contributed by atoms with E-state index < -0.39 is 5.97 Å². The van der Waals surface area contributed by atoms with E-state index in [9.17, 15) is 14.7 Å². The quantitative estimate of drug-likeness (QED) is 0.702. The van der Waals surface area contributed by atoms with Crippen molar-refractivity contribution in [3.05, 3.63) is 0 Å². The van der Waals surface area contributed by atoms with Gasteiger partial charge in [-0.2, -0.15) is 0 Å². The van der Waals surface area contributed by atoms with Gasteiger partial charge in [0.05, 0.1) is 12.0 Å². The molecule has 3 N–H and O–H groups in total. The van der Waals surface area contributed by atoms with Crippen LogP contribution >= 0.6 is 0 Å². The molecule has 2 fully saturated rings. The van der Waals surface area contributed by atoms with E-state index in [2.05, 4.69) is 5.32 Å². The van der Waals surface area contributed by atoms with Crippen molar-refractivity contribution in [3.63, 3.8) is 0 Å². The first kappa shape index (κ1) is 14.1. The van der Waals surface area contributed by atoms with Crippen molar-refractivity contribution in [2.45, 2.75) is 44.8 Å². The number of carbonyl (C=O) groups excluding carboxylic acids is 1. The Bertz CT molecular complexity index is 359. The molecule has 0 aromatic rings. The predicted octanol–water partition coefficient (Wildman–Crippen LogP) is 0.652. The van der Waals surface area contributed by atoms with Crippen LogP contribution in [0.4, 0.5) is 4.79 Å². The average molecular weight is 270 g/mol. The first-order chi connectivity index (χ1) is 8.97. The molecule has 4 atom stereocenters. The third kappa shape index (κ3) is 3.37. The van der Waals surface area contributed by atoms with E-state index in [1.807, 2.05) is 0 Å². The van der Waals surface area contributed by atoms with E-state index in [1.54, 1.807) is 11.8 Å². The third-order valence-electron chi connectivity index (χ3n) is 4.30. The molecule has 0 spiro atoms. The van der Waals surface area contributed by atoms with Crippen LogP contribution in [-0.2, 0) is 4.79 Å². The molecule has 0 radical (unpaired) electrons. The van der Waals surface area contributed by atoms with E-state index in [4.69, 9.17) is 5.11 Å². The van der Waals surface area contributed by atoms with Gasteiger partial charge in [-0.05, 0) is 32.6 Å². The fourth-order valence-electron chi connectivity index (χ4n) is 2.97. The van der Waals surface area contributed by atoms with E-state index in [-0.39, 0.29) is 30.0 Å². The van der Waals surface area contributed by atoms with Gasteiger partial charge in [0, 0.05) is 25.0 Å². The molecule has 19 heavy (non-hydrogen) atoms. The molecule has 4 unspecified atom stereocenters. The Morgan fingerprint density at radius 3 is 2.58 bits per heavy atom.